The van der Waals surface area contributed by atoms with Gasteiger partial charge in [-0.2, -0.15) is 9.49 Å². The Balaban J connectivity index is 2.41. The highest BCUT2D eigenvalue weighted by Gasteiger charge is 2.22. The van der Waals surface area contributed by atoms with Crippen molar-refractivity contribution in [2.75, 3.05) is 13.6 Å². The summed E-state index contributed by atoms with van der Waals surface area (Å²) in [4.78, 5) is 1.44. The molecule has 1 heterocycles. The fraction of sp³-hybridized carbons (Fsp3) is 0.833. The van der Waals surface area contributed by atoms with E-state index in [4.69, 9.17) is 0 Å². The summed E-state index contributed by atoms with van der Waals surface area (Å²) in [6.45, 7) is 2.68. The van der Waals surface area contributed by atoms with Crippen LogP contribution in [0.15, 0.2) is 5.10 Å². The Morgan fingerprint density at radius 3 is 2.80 bits per heavy atom. The van der Waals surface area contributed by atoms with Crippen molar-refractivity contribution in [2.24, 2.45) is 5.10 Å². The van der Waals surface area contributed by atoms with Crippen molar-refractivity contribution in [3.8, 4) is 0 Å². The van der Waals surface area contributed by atoms with Crippen LogP contribution in [-0.2, 0) is 0 Å². The molecule has 0 radical (unpaired) electrons. The summed E-state index contributed by atoms with van der Waals surface area (Å²) in [7, 11) is 1.67. The van der Waals surface area contributed by atoms with Gasteiger partial charge in [-0.15, -0.1) is 0 Å². The monoisotopic (exact) mass is 145 g/mol. The van der Waals surface area contributed by atoms with Crippen LogP contribution < -0.4 is 0 Å². The Hall–Kier alpha value is -0.800. The SMILES string of the molecule is CCCN1N=CN(C)C1F. The summed E-state index contributed by atoms with van der Waals surface area (Å²) in [5.74, 6) is 0. The zero-order valence-electron chi connectivity index (χ0n) is 6.29. The quantitative estimate of drug-likeness (QED) is 0.536. The lowest BCUT2D eigenvalue weighted by molar-refractivity contribution is 0.0274. The first kappa shape index (κ1) is 7.31. The van der Waals surface area contributed by atoms with Gasteiger partial charge in [-0.25, -0.2) is 5.01 Å². The highest BCUT2D eigenvalue weighted by Crippen LogP contribution is 2.10. The topological polar surface area (TPSA) is 18.8 Å². The second kappa shape index (κ2) is 2.86. The molecule has 0 saturated carbocycles. The van der Waals surface area contributed by atoms with E-state index in [2.05, 4.69) is 5.10 Å². The first-order valence-corrected chi connectivity index (χ1v) is 3.42. The fourth-order valence-corrected chi connectivity index (χ4v) is 0.861. The molecule has 4 heteroatoms. The number of hydrogen-bond donors (Lipinski definition) is 0. The molecule has 10 heavy (non-hydrogen) atoms. The number of rotatable bonds is 2. The predicted octanol–water partition coefficient (Wildman–Crippen LogP) is 0.840. The van der Waals surface area contributed by atoms with Gasteiger partial charge in [0.15, 0.2) is 0 Å². The van der Waals surface area contributed by atoms with E-state index < -0.39 is 6.42 Å². The molecule has 0 aromatic heterocycles. The van der Waals surface area contributed by atoms with Gasteiger partial charge in [0.1, 0.15) is 6.34 Å². The summed E-state index contributed by atoms with van der Waals surface area (Å²) >= 11 is 0. The highest BCUT2D eigenvalue weighted by molar-refractivity contribution is 5.55. The molecular weight excluding hydrogens is 133 g/mol. The minimum Gasteiger partial charge on any atom is -0.316 e. The van der Waals surface area contributed by atoms with Crippen molar-refractivity contribution in [3.63, 3.8) is 0 Å². The third-order valence-electron chi connectivity index (χ3n) is 1.42. The Labute approximate surface area is 60.1 Å². The zero-order chi connectivity index (χ0) is 7.56. The summed E-state index contributed by atoms with van der Waals surface area (Å²) in [5, 5.41) is 5.28. The van der Waals surface area contributed by atoms with Gasteiger partial charge in [-0.05, 0) is 6.42 Å². The minimum atomic E-state index is -1.06. The Kier molecular flexibility index (Phi) is 2.09. The first-order valence-electron chi connectivity index (χ1n) is 3.42. The standard InChI is InChI=1S/C6H12FN3/c1-3-4-10-6(7)9(2)5-8-10/h5-6H,3-4H2,1-2H3. The molecule has 1 aliphatic heterocycles. The Morgan fingerprint density at radius 1 is 1.70 bits per heavy atom. The van der Waals surface area contributed by atoms with E-state index in [9.17, 15) is 4.39 Å². The summed E-state index contributed by atoms with van der Waals surface area (Å²) < 4.78 is 12.9. The molecule has 3 nitrogen and oxygen atoms in total. The maximum atomic E-state index is 12.9. The zero-order valence-corrected chi connectivity index (χ0v) is 6.29. The van der Waals surface area contributed by atoms with Crippen molar-refractivity contribution in [1.29, 1.82) is 0 Å². The first-order chi connectivity index (χ1) is 4.75. The molecule has 0 fully saturated rings. The highest BCUT2D eigenvalue weighted by atomic mass is 19.1. The molecule has 0 amide bonds. The number of hydrazone groups is 1. The molecule has 1 unspecified atom stereocenters. The third-order valence-corrected chi connectivity index (χ3v) is 1.42. The second-order valence-corrected chi connectivity index (χ2v) is 2.37. The van der Waals surface area contributed by atoms with Crippen molar-refractivity contribution in [1.82, 2.24) is 9.91 Å². The van der Waals surface area contributed by atoms with Crippen LogP contribution in [0.25, 0.3) is 0 Å². The third kappa shape index (κ3) is 1.20. The van der Waals surface area contributed by atoms with Gasteiger partial charge in [0.25, 0.3) is 6.42 Å². The molecule has 1 atom stereocenters. The lowest BCUT2D eigenvalue weighted by Gasteiger charge is -2.19. The van der Waals surface area contributed by atoms with Crippen LogP contribution >= 0.6 is 0 Å². The number of hydrogen-bond acceptors (Lipinski definition) is 3. The van der Waals surface area contributed by atoms with Crippen LogP contribution in [0.1, 0.15) is 13.3 Å². The van der Waals surface area contributed by atoms with Gasteiger partial charge < -0.3 is 4.90 Å². The molecule has 0 spiro atoms. The van der Waals surface area contributed by atoms with Crippen LogP contribution in [0.4, 0.5) is 4.39 Å². The molecular formula is C6H12FN3. The van der Waals surface area contributed by atoms with Crippen LogP contribution in [-0.4, -0.2) is 36.3 Å². The Morgan fingerprint density at radius 2 is 2.40 bits per heavy atom. The summed E-state index contributed by atoms with van der Waals surface area (Å²) in [5.41, 5.74) is 0. The average Bonchev–Trinajstić information content (AvgIpc) is 2.20. The van der Waals surface area contributed by atoms with E-state index in [0.717, 1.165) is 6.42 Å². The molecule has 1 rings (SSSR count). The van der Waals surface area contributed by atoms with E-state index in [1.54, 1.807) is 7.05 Å². The van der Waals surface area contributed by atoms with Crippen molar-refractivity contribution < 1.29 is 4.39 Å². The van der Waals surface area contributed by atoms with E-state index in [1.807, 2.05) is 6.92 Å². The van der Waals surface area contributed by atoms with E-state index in [-0.39, 0.29) is 0 Å². The summed E-state index contributed by atoms with van der Waals surface area (Å²) in [6, 6.07) is 0. The number of alkyl halides is 1. The number of halogens is 1. The Bertz CT molecular complexity index is 137. The van der Waals surface area contributed by atoms with Crippen molar-refractivity contribution in [3.05, 3.63) is 0 Å². The van der Waals surface area contributed by atoms with E-state index in [1.165, 1.54) is 16.2 Å². The van der Waals surface area contributed by atoms with Crippen LogP contribution in [0.3, 0.4) is 0 Å². The van der Waals surface area contributed by atoms with Crippen LogP contribution in [0.5, 0.6) is 0 Å². The van der Waals surface area contributed by atoms with Gasteiger partial charge in [0, 0.05) is 13.6 Å². The molecule has 0 aliphatic carbocycles. The largest absolute Gasteiger partial charge is 0.316 e. The fourth-order valence-electron chi connectivity index (χ4n) is 0.861. The minimum absolute atomic E-state index is 0.683. The molecule has 0 saturated heterocycles. The second-order valence-electron chi connectivity index (χ2n) is 2.37. The molecule has 0 N–H and O–H groups in total. The number of nitrogens with zero attached hydrogens (tertiary/aromatic N) is 3. The van der Waals surface area contributed by atoms with E-state index >= 15 is 0 Å². The molecule has 1 aliphatic rings. The molecule has 0 aromatic rings. The van der Waals surface area contributed by atoms with Gasteiger partial charge in [-0.3, -0.25) is 0 Å². The van der Waals surface area contributed by atoms with Gasteiger partial charge in [-0.1, -0.05) is 6.92 Å². The van der Waals surface area contributed by atoms with Crippen LogP contribution in [0.2, 0.25) is 0 Å². The van der Waals surface area contributed by atoms with Gasteiger partial charge in [0.05, 0.1) is 0 Å². The smallest absolute Gasteiger partial charge is 0.264 e. The maximum absolute atomic E-state index is 12.9. The van der Waals surface area contributed by atoms with E-state index in [0.29, 0.717) is 6.54 Å². The van der Waals surface area contributed by atoms with Gasteiger partial charge >= 0.3 is 0 Å². The summed E-state index contributed by atoms with van der Waals surface area (Å²) in [6.07, 6.45) is 1.37. The molecule has 0 bridgehead atoms. The predicted molar refractivity (Wildman–Crippen MR) is 38.1 cm³/mol. The van der Waals surface area contributed by atoms with Crippen molar-refractivity contribution >= 4 is 6.34 Å². The normalized spacial score (nSPS) is 24.5. The van der Waals surface area contributed by atoms with Crippen molar-refractivity contribution in [2.45, 2.75) is 19.8 Å². The average molecular weight is 145 g/mol. The molecule has 0 aromatic carbocycles. The maximum Gasteiger partial charge on any atom is 0.264 e. The lowest BCUT2D eigenvalue weighted by atomic mass is 10.5. The van der Waals surface area contributed by atoms with Gasteiger partial charge in [0.2, 0.25) is 0 Å². The molecule has 58 valence electrons. The lowest BCUT2D eigenvalue weighted by Crippen LogP contribution is -2.33. The van der Waals surface area contributed by atoms with Crippen LogP contribution in [0, 0.1) is 0 Å².